The van der Waals surface area contributed by atoms with Crippen molar-refractivity contribution in [3.05, 3.63) is 0 Å². The van der Waals surface area contributed by atoms with Gasteiger partial charge in [0.15, 0.2) is 9.84 Å². The van der Waals surface area contributed by atoms with Crippen LogP contribution in [0.4, 0.5) is 0 Å². The van der Waals surface area contributed by atoms with E-state index < -0.39 is 25.1 Å². The van der Waals surface area contributed by atoms with Gasteiger partial charge in [-0.05, 0) is 32.2 Å². The molecule has 6 nitrogen and oxygen atoms in total. The van der Waals surface area contributed by atoms with Gasteiger partial charge in [0.2, 0.25) is 10.0 Å². The fourth-order valence-electron chi connectivity index (χ4n) is 2.98. The van der Waals surface area contributed by atoms with E-state index in [1.54, 1.807) is 0 Å². The van der Waals surface area contributed by atoms with Gasteiger partial charge in [-0.3, -0.25) is 0 Å². The van der Waals surface area contributed by atoms with Crippen LogP contribution in [0, 0.1) is 0 Å². The third kappa shape index (κ3) is 3.29. The van der Waals surface area contributed by atoms with Gasteiger partial charge in [0.05, 0.1) is 16.8 Å². The summed E-state index contributed by atoms with van der Waals surface area (Å²) in [5.41, 5.74) is 5.54. The van der Waals surface area contributed by atoms with E-state index >= 15 is 0 Å². The third-order valence-corrected chi connectivity index (χ3v) is 8.37. The van der Waals surface area contributed by atoms with Crippen molar-refractivity contribution >= 4 is 19.9 Å². The van der Waals surface area contributed by atoms with Gasteiger partial charge in [-0.1, -0.05) is 6.42 Å². The van der Waals surface area contributed by atoms with Crippen LogP contribution < -0.4 is 5.73 Å². The van der Waals surface area contributed by atoms with E-state index in [1.807, 2.05) is 0 Å². The van der Waals surface area contributed by atoms with E-state index in [1.165, 1.54) is 4.31 Å². The molecule has 2 aliphatic rings. The molecule has 2 unspecified atom stereocenters. The minimum Gasteiger partial charge on any atom is -0.330 e. The molecule has 0 amide bonds. The summed E-state index contributed by atoms with van der Waals surface area (Å²) in [7, 11) is -6.68. The molecular formula is C11H22N2O4S2. The number of hydrogen-bond donors (Lipinski definition) is 1. The van der Waals surface area contributed by atoms with E-state index in [4.69, 9.17) is 5.73 Å². The molecule has 19 heavy (non-hydrogen) atoms. The van der Waals surface area contributed by atoms with Crippen LogP contribution in [-0.4, -0.2) is 57.0 Å². The third-order valence-electron chi connectivity index (χ3n) is 4.01. The molecule has 2 saturated heterocycles. The Hall–Kier alpha value is -0.180. The highest BCUT2D eigenvalue weighted by Gasteiger charge is 2.43. The Balaban J connectivity index is 2.18. The molecule has 0 radical (unpaired) electrons. The molecule has 2 aliphatic heterocycles. The number of hydrogen-bond acceptors (Lipinski definition) is 5. The van der Waals surface area contributed by atoms with Gasteiger partial charge in [-0.25, -0.2) is 16.8 Å². The number of nitrogens with zero attached hydrogens (tertiary/aromatic N) is 1. The first-order valence-electron chi connectivity index (χ1n) is 6.78. The first kappa shape index (κ1) is 15.2. The zero-order chi connectivity index (χ0) is 14.1. The van der Waals surface area contributed by atoms with Crippen LogP contribution in [0.5, 0.6) is 0 Å². The van der Waals surface area contributed by atoms with Crippen LogP contribution in [0.25, 0.3) is 0 Å². The summed E-state index contributed by atoms with van der Waals surface area (Å²) in [6, 6.07) is -0.0490. The van der Waals surface area contributed by atoms with Gasteiger partial charge in [-0.15, -0.1) is 0 Å². The Morgan fingerprint density at radius 2 is 1.95 bits per heavy atom. The normalized spacial score (nSPS) is 32.5. The van der Waals surface area contributed by atoms with Crippen molar-refractivity contribution in [2.45, 2.75) is 43.4 Å². The molecule has 2 fully saturated rings. The van der Waals surface area contributed by atoms with Gasteiger partial charge in [0.25, 0.3) is 0 Å². The van der Waals surface area contributed by atoms with Gasteiger partial charge >= 0.3 is 0 Å². The molecule has 0 aromatic heterocycles. The standard InChI is InChI=1S/C11H22N2O4S2/c12-6-4-10-3-1-2-7-13(10)19(16,17)11-5-8-18(14,15)9-11/h10-11H,1-9,12H2. The predicted molar refractivity (Wildman–Crippen MR) is 74.0 cm³/mol. The Kier molecular flexibility index (Phi) is 4.54. The Bertz CT molecular complexity index is 513. The summed E-state index contributed by atoms with van der Waals surface area (Å²) in [5.74, 6) is -0.229. The summed E-state index contributed by atoms with van der Waals surface area (Å²) in [5, 5.41) is -0.754. The lowest BCUT2D eigenvalue weighted by atomic mass is 10.0. The fourth-order valence-corrected chi connectivity index (χ4v) is 7.79. The average Bonchev–Trinajstić information content (AvgIpc) is 2.71. The Morgan fingerprint density at radius 1 is 1.21 bits per heavy atom. The molecule has 0 spiro atoms. The summed E-state index contributed by atoms with van der Waals surface area (Å²) in [6.45, 7) is 0.962. The van der Waals surface area contributed by atoms with Crippen molar-refractivity contribution in [1.29, 1.82) is 0 Å². The molecule has 2 atom stereocenters. The minimum absolute atomic E-state index is 0.00765. The number of nitrogens with two attached hydrogens (primary N) is 1. The summed E-state index contributed by atoms with van der Waals surface area (Å²) >= 11 is 0. The largest absolute Gasteiger partial charge is 0.330 e. The summed E-state index contributed by atoms with van der Waals surface area (Å²) in [4.78, 5) is 0. The average molecular weight is 310 g/mol. The molecule has 0 aliphatic carbocycles. The zero-order valence-electron chi connectivity index (χ0n) is 11.0. The van der Waals surface area contributed by atoms with E-state index in [0.717, 1.165) is 19.3 Å². The van der Waals surface area contributed by atoms with Crippen LogP contribution in [-0.2, 0) is 19.9 Å². The Labute approximate surface area is 115 Å². The lowest BCUT2D eigenvalue weighted by Gasteiger charge is -2.36. The summed E-state index contributed by atoms with van der Waals surface area (Å²) < 4.78 is 49.6. The second-order valence-corrected chi connectivity index (χ2v) is 9.80. The number of sulfonamides is 1. The molecule has 0 saturated carbocycles. The topological polar surface area (TPSA) is 97.5 Å². The quantitative estimate of drug-likeness (QED) is 0.769. The van der Waals surface area contributed by atoms with Crippen molar-refractivity contribution in [1.82, 2.24) is 4.31 Å². The maximum Gasteiger partial charge on any atom is 0.218 e. The maximum absolute atomic E-state index is 12.6. The van der Waals surface area contributed by atoms with Gasteiger partial charge in [-0.2, -0.15) is 4.31 Å². The highest BCUT2D eigenvalue weighted by atomic mass is 32.2. The van der Waals surface area contributed by atoms with Crippen molar-refractivity contribution in [2.24, 2.45) is 5.73 Å². The minimum atomic E-state index is -3.51. The molecule has 2 rings (SSSR count). The van der Waals surface area contributed by atoms with Crippen molar-refractivity contribution in [3.63, 3.8) is 0 Å². The molecule has 8 heteroatoms. The zero-order valence-corrected chi connectivity index (χ0v) is 12.6. The van der Waals surface area contributed by atoms with Crippen molar-refractivity contribution < 1.29 is 16.8 Å². The van der Waals surface area contributed by atoms with E-state index in [2.05, 4.69) is 0 Å². The molecular weight excluding hydrogens is 288 g/mol. The molecule has 0 bridgehead atoms. The van der Waals surface area contributed by atoms with E-state index in [0.29, 0.717) is 19.5 Å². The van der Waals surface area contributed by atoms with Crippen LogP contribution in [0.1, 0.15) is 32.1 Å². The van der Waals surface area contributed by atoms with Crippen LogP contribution >= 0.6 is 0 Å². The van der Waals surface area contributed by atoms with Gasteiger partial charge in [0, 0.05) is 12.6 Å². The van der Waals surface area contributed by atoms with Gasteiger partial charge < -0.3 is 5.73 Å². The summed E-state index contributed by atoms with van der Waals surface area (Å²) in [6.07, 6.45) is 3.57. The number of piperidine rings is 1. The van der Waals surface area contributed by atoms with Gasteiger partial charge in [0.1, 0.15) is 0 Å². The molecule has 2 N–H and O–H groups in total. The highest BCUT2D eigenvalue weighted by Crippen LogP contribution is 2.28. The number of rotatable bonds is 4. The predicted octanol–water partition coefficient (Wildman–Crippen LogP) is -0.293. The molecule has 0 aromatic carbocycles. The smallest absolute Gasteiger partial charge is 0.218 e. The van der Waals surface area contributed by atoms with Crippen LogP contribution in [0.2, 0.25) is 0 Å². The Morgan fingerprint density at radius 3 is 2.53 bits per heavy atom. The number of sulfone groups is 1. The van der Waals surface area contributed by atoms with E-state index in [9.17, 15) is 16.8 Å². The van der Waals surface area contributed by atoms with E-state index in [-0.39, 0.29) is 24.0 Å². The molecule has 0 aromatic rings. The molecule has 112 valence electrons. The monoisotopic (exact) mass is 310 g/mol. The second-order valence-electron chi connectivity index (χ2n) is 5.41. The lowest BCUT2D eigenvalue weighted by Crippen LogP contribution is -2.48. The lowest BCUT2D eigenvalue weighted by molar-refractivity contribution is 0.241. The fraction of sp³-hybridized carbons (Fsp3) is 1.00. The van der Waals surface area contributed by atoms with Crippen LogP contribution in [0.3, 0.4) is 0 Å². The van der Waals surface area contributed by atoms with Crippen LogP contribution in [0.15, 0.2) is 0 Å². The second kappa shape index (κ2) is 5.67. The first-order valence-corrected chi connectivity index (χ1v) is 10.1. The highest BCUT2D eigenvalue weighted by molar-refractivity contribution is 7.95. The first-order chi connectivity index (χ1) is 8.87. The SMILES string of the molecule is NCCC1CCCCN1S(=O)(=O)C1CCS(=O)(=O)C1. The van der Waals surface area contributed by atoms with Crippen molar-refractivity contribution in [3.8, 4) is 0 Å². The van der Waals surface area contributed by atoms with Crippen molar-refractivity contribution in [2.75, 3.05) is 24.6 Å². The maximum atomic E-state index is 12.6. The molecule has 2 heterocycles.